The second-order valence-electron chi connectivity index (χ2n) is 6.73. The van der Waals surface area contributed by atoms with Gasteiger partial charge in [0.05, 0.1) is 18.4 Å². The van der Waals surface area contributed by atoms with Crippen LogP contribution in [0.4, 0.5) is 0 Å². The lowest BCUT2D eigenvalue weighted by atomic mass is 10.1. The maximum absolute atomic E-state index is 12.6. The van der Waals surface area contributed by atoms with E-state index in [0.717, 1.165) is 23.3 Å². The van der Waals surface area contributed by atoms with Gasteiger partial charge in [-0.15, -0.1) is 0 Å². The summed E-state index contributed by atoms with van der Waals surface area (Å²) in [4.78, 5) is 37.3. The second kappa shape index (κ2) is 7.75. The van der Waals surface area contributed by atoms with E-state index in [2.05, 4.69) is 16.0 Å². The van der Waals surface area contributed by atoms with Crippen LogP contribution in [0.25, 0.3) is 10.8 Å². The third-order valence-electron chi connectivity index (χ3n) is 4.82. The first-order chi connectivity index (χ1) is 14.1. The van der Waals surface area contributed by atoms with E-state index in [1.807, 2.05) is 18.2 Å². The minimum atomic E-state index is -0.584. The quantitative estimate of drug-likeness (QED) is 0.653. The Bertz CT molecular complexity index is 1170. The summed E-state index contributed by atoms with van der Waals surface area (Å²) in [5, 5.41) is 4.99. The summed E-state index contributed by atoms with van der Waals surface area (Å²) in [6.07, 6.45) is 0.948. The van der Waals surface area contributed by atoms with Gasteiger partial charge in [-0.2, -0.15) is 5.10 Å². The van der Waals surface area contributed by atoms with Gasteiger partial charge < -0.3 is 4.74 Å². The van der Waals surface area contributed by atoms with Crippen molar-refractivity contribution in [2.45, 2.75) is 26.3 Å². The van der Waals surface area contributed by atoms with Gasteiger partial charge in [-0.05, 0) is 30.2 Å². The van der Waals surface area contributed by atoms with Crippen LogP contribution in [0.2, 0.25) is 0 Å². The molecule has 0 radical (unpaired) electrons. The molecule has 2 N–H and O–H groups in total. The average molecular weight is 392 g/mol. The molecule has 0 bridgehead atoms. The Labute approximate surface area is 166 Å². The number of carbonyl (C=O) groups is 2. The first-order valence-corrected chi connectivity index (χ1v) is 9.40. The molecular formula is C21H20N4O4. The molecule has 0 saturated carbocycles. The number of hydrogen-bond acceptors (Lipinski definition) is 5. The molecule has 2 heterocycles. The molecule has 0 fully saturated rings. The zero-order chi connectivity index (χ0) is 20.4. The van der Waals surface area contributed by atoms with Crippen molar-refractivity contribution in [3.8, 4) is 5.75 Å². The monoisotopic (exact) mass is 392 g/mol. The molecule has 8 heteroatoms. The van der Waals surface area contributed by atoms with Crippen molar-refractivity contribution in [1.82, 2.24) is 20.6 Å². The van der Waals surface area contributed by atoms with Crippen LogP contribution in [0, 0.1) is 0 Å². The van der Waals surface area contributed by atoms with Crippen LogP contribution in [0.15, 0.2) is 47.3 Å². The maximum Gasteiger partial charge on any atom is 0.290 e. The highest BCUT2D eigenvalue weighted by molar-refractivity contribution is 6.05. The summed E-state index contributed by atoms with van der Waals surface area (Å²) in [5.41, 5.74) is 6.55. The zero-order valence-electron chi connectivity index (χ0n) is 15.9. The highest BCUT2D eigenvalue weighted by Gasteiger charge is 2.17. The molecule has 1 aromatic heterocycles. The normalized spacial score (nSPS) is 12.3. The smallest absolute Gasteiger partial charge is 0.290 e. The molecule has 0 aliphatic carbocycles. The van der Waals surface area contributed by atoms with Gasteiger partial charge in [0, 0.05) is 18.4 Å². The third-order valence-corrected chi connectivity index (χ3v) is 4.82. The van der Waals surface area contributed by atoms with Gasteiger partial charge in [0.1, 0.15) is 5.75 Å². The van der Waals surface area contributed by atoms with Crippen LogP contribution in [0.3, 0.4) is 0 Å². The minimum absolute atomic E-state index is 0.0806. The molecule has 2 amide bonds. The fourth-order valence-corrected chi connectivity index (χ4v) is 3.38. The lowest BCUT2D eigenvalue weighted by Crippen LogP contribution is -2.43. The number of hydrogen-bond donors (Lipinski definition) is 2. The van der Waals surface area contributed by atoms with Crippen LogP contribution >= 0.6 is 0 Å². The van der Waals surface area contributed by atoms with Crippen molar-refractivity contribution in [2.75, 3.05) is 6.61 Å². The Kier molecular flexibility index (Phi) is 4.99. The Morgan fingerprint density at radius 1 is 1.14 bits per heavy atom. The van der Waals surface area contributed by atoms with Crippen molar-refractivity contribution in [1.29, 1.82) is 0 Å². The predicted molar refractivity (Wildman–Crippen MR) is 107 cm³/mol. The van der Waals surface area contributed by atoms with Crippen LogP contribution in [0.5, 0.6) is 5.75 Å². The number of aryl methyl sites for hydroxylation is 1. The Balaban J connectivity index is 1.48. The first-order valence-electron chi connectivity index (χ1n) is 9.40. The van der Waals surface area contributed by atoms with Gasteiger partial charge in [-0.1, -0.05) is 30.3 Å². The molecular weight excluding hydrogens is 372 g/mol. The molecule has 0 unspecified atom stereocenters. The zero-order valence-corrected chi connectivity index (χ0v) is 15.9. The summed E-state index contributed by atoms with van der Waals surface area (Å²) in [6, 6.07) is 12.4. The number of nitrogens with zero attached hydrogens (tertiary/aromatic N) is 2. The van der Waals surface area contributed by atoms with Crippen molar-refractivity contribution in [3.05, 3.63) is 69.6 Å². The summed E-state index contributed by atoms with van der Waals surface area (Å²) in [5.74, 6) is -0.0871. The highest BCUT2D eigenvalue weighted by atomic mass is 16.5. The van der Waals surface area contributed by atoms with Gasteiger partial charge in [-0.3, -0.25) is 25.2 Å². The van der Waals surface area contributed by atoms with E-state index in [0.29, 0.717) is 23.9 Å². The molecule has 1 aliphatic rings. The fraction of sp³-hybridized carbons (Fsp3) is 0.238. The van der Waals surface area contributed by atoms with E-state index >= 15 is 0 Å². The summed E-state index contributed by atoms with van der Waals surface area (Å²) >= 11 is 0. The number of nitrogens with one attached hydrogen (secondary N) is 2. The van der Waals surface area contributed by atoms with E-state index < -0.39 is 5.91 Å². The second-order valence-corrected chi connectivity index (χ2v) is 6.73. The highest BCUT2D eigenvalue weighted by Crippen LogP contribution is 2.25. The topological polar surface area (TPSA) is 102 Å². The SMILES string of the molecule is CCn1nc(C(=O)NNC(=O)Cc2ccc3c(c2)CCO3)c2ccccc2c1=O. The van der Waals surface area contributed by atoms with Crippen molar-refractivity contribution in [3.63, 3.8) is 0 Å². The van der Waals surface area contributed by atoms with E-state index in [1.165, 1.54) is 4.68 Å². The number of fused-ring (bicyclic) bond motifs is 2. The lowest BCUT2D eigenvalue weighted by molar-refractivity contribution is -0.121. The molecule has 29 heavy (non-hydrogen) atoms. The van der Waals surface area contributed by atoms with Crippen LogP contribution < -0.4 is 21.1 Å². The number of carbonyl (C=O) groups excluding carboxylic acids is 2. The Morgan fingerprint density at radius 3 is 2.72 bits per heavy atom. The Morgan fingerprint density at radius 2 is 1.93 bits per heavy atom. The van der Waals surface area contributed by atoms with E-state index in [4.69, 9.17) is 4.74 Å². The van der Waals surface area contributed by atoms with Crippen molar-refractivity contribution < 1.29 is 14.3 Å². The largest absolute Gasteiger partial charge is 0.493 e. The third kappa shape index (κ3) is 3.69. The molecule has 2 aromatic carbocycles. The van der Waals surface area contributed by atoms with Crippen molar-refractivity contribution in [2.24, 2.45) is 0 Å². The molecule has 8 nitrogen and oxygen atoms in total. The van der Waals surface area contributed by atoms with Crippen LogP contribution in [-0.4, -0.2) is 28.2 Å². The van der Waals surface area contributed by atoms with Crippen molar-refractivity contribution >= 4 is 22.6 Å². The number of benzene rings is 2. The summed E-state index contributed by atoms with van der Waals surface area (Å²) in [6.45, 7) is 2.76. The van der Waals surface area contributed by atoms with Gasteiger partial charge >= 0.3 is 0 Å². The van der Waals surface area contributed by atoms with E-state index in [-0.39, 0.29) is 23.6 Å². The average Bonchev–Trinajstić information content (AvgIpc) is 3.20. The van der Waals surface area contributed by atoms with Crippen LogP contribution in [0.1, 0.15) is 28.5 Å². The molecule has 3 aromatic rings. The van der Waals surface area contributed by atoms with Crippen LogP contribution in [-0.2, 0) is 24.2 Å². The summed E-state index contributed by atoms with van der Waals surface area (Å²) in [7, 11) is 0. The first kappa shape index (κ1) is 18.7. The summed E-state index contributed by atoms with van der Waals surface area (Å²) < 4.78 is 6.69. The van der Waals surface area contributed by atoms with Gasteiger partial charge in [0.15, 0.2) is 5.69 Å². The minimum Gasteiger partial charge on any atom is -0.493 e. The number of hydrazine groups is 1. The molecule has 4 rings (SSSR count). The number of rotatable bonds is 4. The Hall–Kier alpha value is -3.68. The van der Waals surface area contributed by atoms with Gasteiger partial charge in [0.25, 0.3) is 11.5 Å². The number of aromatic nitrogens is 2. The predicted octanol–water partition coefficient (Wildman–Crippen LogP) is 1.36. The van der Waals surface area contributed by atoms with E-state index in [1.54, 1.807) is 31.2 Å². The molecule has 0 saturated heterocycles. The number of amides is 2. The van der Waals surface area contributed by atoms with Gasteiger partial charge in [-0.25, -0.2) is 4.68 Å². The fourth-order valence-electron chi connectivity index (χ4n) is 3.38. The standard InChI is InChI=1S/C21H20N4O4/c1-2-25-21(28)16-6-4-3-5-15(16)19(24-25)20(27)23-22-18(26)12-13-7-8-17-14(11-13)9-10-29-17/h3-8,11H,2,9-10,12H2,1H3,(H,22,26)(H,23,27). The molecule has 148 valence electrons. The lowest BCUT2D eigenvalue weighted by Gasteiger charge is -2.11. The van der Waals surface area contributed by atoms with Gasteiger partial charge in [0.2, 0.25) is 5.91 Å². The van der Waals surface area contributed by atoms with E-state index in [9.17, 15) is 14.4 Å². The molecule has 0 atom stereocenters. The maximum atomic E-state index is 12.6. The molecule has 1 aliphatic heterocycles. The molecule has 0 spiro atoms. The number of ether oxygens (including phenoxy) is 1.